The molecule has 0 saturated heterocycles. The van der Waals surface area contributed by atoms with Gasteiger partial charge >= 0.3 is 7.82 Å². The summed E-state index contributed by atoms with van der Waals surface area (Å²) in [6, 6.07) is 0. The molecule has 122 valence electrons. The Labute approximate surface area is 148 Å². The van der Waals surface area contributed by atoms with Gasteiger partial charge in [0.2, 0.25) is 0 Å². The first-order chi connectivity index (χ1) is 9.36. The fourth-order valence-electron chi connectivity index (χ4n) is 0.910. The number of phosphoric ester groups is 1. The Kier molecular flexibility index (Phi) is 13.4. The Bertz CT molecular complexity index is 255. The molecule has 0 aromatic carbocycles. The van der Waals surface area contributed by atoms with Gasteiger partial charge in [-0.1, -0.05) is 34.8 Å². The third-order valence-corrected chi connectivity index (χ3v) is 5.23. The lowest BCUT2D eigenvalue weighted by Gasteiger charge is -2.24. The average Bonchev–Trinajstić information content (AvgIpc) is 2.28. The van der Waals surface area contributed by atoms with E-state index in [1.807, 2.05) is 0 Å². The van der Waals surface area contributed by atoms with Crippen molar-refractivity contribution in [3.63, 3.8) is 0 Å². The van der Waals surface area contributed by atoms with Gasteiger partial charge in [0.1, 0.15) is 16.7 Å². The molecule has 20 heavy (non-hydrogen) atoms. The standard InChI is InChI=1S/C9H15Cl6O4P/c10-4-1-7(13)17-20(16,18-8(14)2-5-11)19-9(15)3-6-12/h7-9H,1-6H2/t7-,8-,9+/m0/s1. The molecule has 11 heteroatoms. The van der Waals surface area contributed by atoms with E-state index in [9.17, 15) is 4.57 Å². The zero-order valence-electron chi connectivity index (χ0n) is 10.3. The Morgan fingerprint density at radius 2 is 0.950 bits per heavy atom. The predicted octanol–water partition coefficient (Wildman–Crippen LogP) is 5.73. The molecule has 0 saturated carbocycles. The van der Waals surface area contributed by atoms with Crippen LogP contribution in [0.1, 0.15) is 19.3 Å². The first-order valence-electron chi connectivity index (χ1n) is 5.62. The normalized spacial score (nSPS) is 16.9. The summed E-state index contributed by atoms with van der Waals surface area (Å²) in [4.78, 5) is 0. The van der Waals surface area contributed by atoms with Gasteiger partial charge < -0.3 is 0 Å². The van der Waals surface area contributed by atoms with Crippen LogP contribution in [0.5, 0.6) is 0 Å². The van der Waals surface area contributed by atoms with E-state index in [0.29, 0.717) is 0 Å². The molecule has 3 atom stereocenters. The largest absolute Gasteiger partial charge is 0.479 e. The van der Waals surface area contributed by atoms with Crippen molar-refractivity contribution in [2.45, 2.75) is 36.0 Å². The van der Waals surface area contributed by atoms with Crippen LogP contribution in [0.2, 0.25) is 0 Å². The molecule has 0 radical (unpaired) electrons. The molecule has 0 spiro atoms. The van der Waals surface area contributed by atoms with Gasteiger partial charge in [0.25, 0.3) is 0 Å². The van der Waals surface area contributed by atoms with Crippen LogP contribution < -0.4 is 0 Å². The number of phosphoric acid groups is 1. The van der Waals surface area contributed by atoms with E-state index < -0.39 is 24.5 Å². The van der Waals surface area contributed by atoms with Crippen LogP contribution in [-0.4, -0.2) is 34.3 Å². The Morgan fingerprint density at radius 1 is 0.700 bits per heavy atom. The van der Waals surface area contributed by atoms with Gasteiger partial charge in [0.15, 0.2) is 0 Å². The minimum absolute atomic E-state index is 0.214. The number of hydrogen-bond donors (Lipinski definition) is 0. The lowest BCUT2D eigenvalue weighted by molar-refractivity contribution is 0.0833. The van der Waals surface area contributed by atoms with E-state index >= 15 is 0 Å². The molecule has 0 aromatic rings. The highest BCUT2D eigenvalue weighted by atomic mass is 35.5. The molecule has 0 amide bonds. The van der Waals surface area contributed by atoms with E-state index in [-0.39, 0.29) is 36.9 Å². The SMILES string of the molecule is O=P(O[C@H](Cl)CCCl)(O[C@H](Cl)CCCl)O[C@@H](Cl)CCCl. The summed E-state index contributed by atoms with van der Waals surface area (Å²) in [5.74, 6) is 0.643. The molecular weight excluding hydrogens is 416 g/mol. The Morgan fingerprint density at radius 3 is 1.15 bits per heavy atom. The quantitative estimate of drug-likeness (QED) is 0.293. The van der Waals surface area contributed by atoms with Crippen molar-refractivity contribution >= 4 is 77.4 Å². The van der Waals surface area contributed by atoms with Crippen molar-refractivity contribution in [2.24, 2.45) is 0 Å². The van der Waals surface area contributed by atoms with Crippen LogP contribution >= 0.6 is 77.4 Å². The number of hydrogen-bond acceptors (Lipinski definition) is 4. The van der Waals surface area contributed by atoms with E-state index in [4.69, 9.17) is 83.2 Å². The van der Waals surface area contributed by atoms with Crippen LogP contribution in [-0.2, 0) is 18.1 Å². The second kappa shape index (κ2) is 12.3. The van der Waals surface area contributed by atoms with Crippen molar-refractivity contribution in [2.75, 3.05) is 17.6 Å². The fourth-order valence-corrected chi connectivity index (χ4v) is 4.35. The maximum Gasteiger partial charge on any atom is 0.479 e. The van der Waals surface area contributed by atoms with Gasteiger partial charge in [-0.25, -0.2) is 4.57 Å². The first kappa shape index (κ1) is 21.9. The van der Waals surface area contributed by atoms with Crippen molar-refractivity contribution in [3.8, 4) is 0 Å². The van der Waals surface area contributed by atoms with Gasteiger partial charge in [0, 0.05) is 36.9 Å². The molecule has 0 heterocycles. The molecule has 0 fully saturated rings. The minimum atomic E-state index is -4.05. The molecule has 0 unspecified atom stereocenters. The molecule has 0 aliphatic heterocycles. The van der Waals surface area contributed by atoms with E-state index in [2.05, 4.69) is 0 Å². The maximum absolute atomic E-state index is 12.4. The second-order valence-electron chi connectivity index (χ2n) is 3.43. The highest BCUT2D eigenvalue weighted by molar-refractivity contribution is 7.48. The van der Waals surface area contributed by atoms with E-state index in [0.717, 1.165) is 0 Å². The molecule has 0 aromatic heterocycles. The lowest BCUT2D eigenvalue weighted by atomic mass is 10.5. The smallest absolute Gasteiger partial charge is 0.267 e. The molecule has 0 aliphatic carbocycles. The summed E-state index contributed by atoms with van der Waals surface area (Å²) in [6.45, 7) is 0. The van der Waals surface area contributed by atoms with Crippen molar-refractivity contribution in [1.82, 2.24) is 0 Å². The number of halogens is 6. The minimum Gasteiger partial charge on any atom is -0.267 e. The second-order valence-corrected chi connectivity index (χ2v) is 7.55. The molecule has 0 N–H and O–H groups in total. The number of alkyl halides is 6. The van der Waals surface area contributed by atoms with E-state index in [1.54, 1.807) is 0 Å². The maximum atomic E-state index is 12.4. The highest BCUT2D eigenvalue weighted by Crippen LogP contribution is 2.55. The van der Waals surface area contributed by atoms with Gasteiger partial charge in [-0.05, 0) is 0 Å². The number of rotatable bonds is 12. The van der Waals surface area contributed by atoms with Crippen LogP contribution in [0.15, 0.2) is 0 Å². The van der Waals surface area contributed by atoms with Gasteiger partial charge in [0.05, 0.1) is 0 Å². The molecular formula is C9H15Cl6O4P. The van der Waals surface area contributed by atoms with Gasteiger partial charge in [-0.2, -0.15) is 0 Å². The third-order valence-electron chi connectivity index (χ3n) is 1.74. The first-order valence-corrected chi connectivity index (χ1v) is 9.99. The van der Waals surface area contributed by atoms with Crippen LogP contribution in [0.4, 0.5) is 0 Å². The van der Waals surface area contributed by atoms with Crippen molar-refractivity contribution in [1.29, 1.82) is 0 Å². The summed E-state index contributed by atoms with van der Waals surface area (Å²) in [5.41, 5.74) is -2.88. The highest BCUT2D eigenvalue weighted by Gasteiger charge is 2.35. The molecule has 0 aliphatic rings. The molecule has 4 nitrogen and oxygen atoms in total. The average molecular weight is 431 g/mol. The van der Waals surface area contributed by atoms with E-state index in [1.165, 1.54) is 0 Å². The third kappa shape index (κ3) is 10.6. The van der Waals surface area contributed by atoms with Gasteiger partial charge in [-0.3, -0.25) is 13.6 Å². The lowest BCUT2D eigenvalue weighted by Crippen LogP contribution is -2.15. The molecule has 0 rings (SSSR count). The monoisotopic (exact) mass is 428 g/mol. The summed E-state index contributed by atoms with van der Waals surface area (Å²) in [7, 11) is -4.05. The van der Waals surface area contributed by atoms with Crippen molar-refractivity contribution in [3.05, 3.63) is 0 Å². The Balaban J connectivity index is 4.69. The van der Waals surface area contributed by atoms with Crippen LogP contribution in [0.3, 0.4) is 0 Å². The summed E-state index contributed by atoms with van der Waals surface area (Å²) in [6.07, 6.45) is 0.722. The summed E-state index contributed by atoms with van der Waals surface area (Å²) >= 11 is 34.0. The summed E-state index contributed by atoms with van der Waals surface area (Å²) in [5, 5.41) is 0. The van der Waals surface area contributed by atoms with Crippen LogP contribution in [0, 0.1) is 0 Å². The van der Waals surface area contributed by atoms with Crippen LogP contribution in [0.25, 0.3) is 0 Å². The van der Waals surface area contributed by atoms with Gasteiger partial charge in [-0.15, -0.1) is 34.8 Å². The zero-order valence-corrected chi connectivity index (χ0v) is 15.8. The Hall–Kier alpha value is 1.85. The summed E-state index contributed by atoms with van der Waals surface area (Å²) < 4.78 is 27.6. The zero-order chi connectivity index (χ0) is 15.6. The predicted molar refractivity (Wildman–Crippen MR) is 85.8 cm³/mol. The van der Waals surface area contributed by atoms with Crippen molar-refractivity contribution < 1.29 is 18.1 Å². The fraction of sp³-hybridized carbons (Fsp3) is 1.00. The molecule has 0 bridgehead atoms. The topological polar surface area (TPSA) is 44.8 Å².